The number of hydrogen-bond acceptors (Lipinski definition) is 6. The van der Waals surface area contributed by atoms with Gasteiger partial charge in [-0.2, -0.15) is 5.26 Å². The highest BCUT2D eigenvalue weighted by atomic mass is 32.2. The fourth-order valence-electron chi connectivity index (χ4n) is 1.42. The zero-order valence-electron chi connectivity index (χ0n) is 10.0. The maximum absolute atomic E-state index is 11.3. The number of nitrogens with zero attached hydrogens (tertiary/aromatic N) is 3. The van der Waals surface area contributed by atoms with Crippen molar-refractivity contribution < 1.29 is 8.42 Å². The number of anilines is 2. The maximum Gasteiger partial charge on any atom is 0.234 e. The number of nitrogens with one attached hydrogen (secondary N) is 1. The maximum atomic E-state index is 11.3. The van der Waals surface area contributed by atoms with Crippen molar-refractivity contribution in [2.75, 3.05) is 11.6 Å². The van der Waals surface area contributed by atoms with Crippen molar-refractivity contribution in [3.8, 4) is 6.07 Å². The molecule has 0 fully saturated rings. The van der Waals surface area contributed by atoms with Crippen LogP contribution in [0.5, 0.6) is 0 Å². The SMILES string of the molecule is CS(=O)(=O)c1ccc(Nc2ccnc(C#N)n2)cc1. The van der Waals surface area contributed by atoms with E-state index in [9.17, 15) is 8.42 Å². The van der Waals surface area contributed by atoms with E-state index in [2.05, 4.69) is 15.3 Å². The minimum atomic E-state index is -3.20. The summed E-state index contributed by atoms with van der Waals surface area (Å²) < 4.78 is 22.6. The highest BCUT2D eigenvalue weighted by molar-refractivity contribution is 7.90. The number of sulfone groups is 1. The number of rotatable bonds is 3. The van der Waals surface area contributed by atoms with Crippen LogP contribution in [-0.2, 0) is 9.84 Å². The third kappa shape index (κ3) is 3.26. The lowest BCUT2D eigenvalue weighted by Gasteiger charge is -2.06. The van der Waals surface area contributed by atoms with Crippen molar-refractivity contribution in [1.29, 1.82) is 5.26 Å². The normalized spacial score (nSPS) is 10.7. The fraction of sp³-hybridized carbons (Fsp3) is 0.0833. The Morgan fingerprint density at radius 1 is 1.21 bits per heavy atom. The first kappa shape index (κ1) is 13.0. The van der Waals surface area contributed by atoms with E-state index in [0.717, 1.165) is 6.26 Å². The summed E-state index contributed by atoms with van der Waals surface area (Å²) in [6, 6.07) is 9.72. The van der Waals surface area contributed by atoms with E-state index in [4.69, 9.17) is 5.26 Å². The van der Waals surface area contributed by atoms with Gasteiger partial charge >= 0.3 is 0 Å². The van der Waals surface area contributed by atoms with Crippen molar-refractivity contribution in [3.63, 3.8) is 0 Å². The van der Waals surface area contributed by atoms with Gasteiger partial charge in [0.15, 0.2) is 9.84 Å². The van der Waals surface area contributed by atoms with Gasteiger partial charge in [-0.15, -0.1) is 0 Å². The highest BCUT2D eigenvalue weighted by Gasteiger charge is 2.06. The zero-order chi connectivity index (χ0) is 13.9. The van der Waals surface area contributed by atoms with Gasteiger partial charge in [-0.3, -0.25) is 0 Å². The van der Waals surface area contributed by atoms with Crippen LogP contribution in [0.2, 0.25) is 0 Å². The molecule has 0 aliphatic rings. The molecule has 2 rings (SSSR count). The average molecular weight is 274 g/mol. The van der Waals surface area contributed by atoms with E-state index in [0.29, 0.717) is 11.5 Å². The van der Waals surface area contributed by atoms with E-state index >= 15 is 0 Å². The van der Waals surface area contributed by atoms with E-state index in [1.807, 2.05) is 6.07 Å². The van der Waals surface area contributed by atoms with Gasteiger partial charge in [0.25, 0.3) is 0 Å². The summed E-state index contributed by atoms with van der Waals surface area (Å²) in [5.41, 5.74) is 0.676. The number of nitriles is 1. The second-order valence-electron chi connectivity index (χ2n) is 3.80. The lowest BCUT2D eigenvalue weighted by Crippen LogP contribution is -1.99. The van der Waals surface area contributed by atoms with Crippen LogP contribution in [-0.4, -0.2) is 24.6 Å². The van der Waals surface area contributed by atoms with Gasteiger partial charge in [-0.25, -0.2) is 18.4 Å². The Hall–Kier alpha value is -2.46. The number of benzene rings is 1. The van der Waals surface area contributed by atoms with E-state index in [1.165, 1.54) is 18.3 Å². The molecule has 0 unspecified atom stereocenters. The first-order valence-electron chi connectivity index (χ1n) is 5.29. The molecule has 0 atom stereocenters. The van der Waals surface area contributed by atoms with Crippen LogP contribution in [0.1, 0.15) is 5.82 Å². The Kier molecular flexibility index (Phi) is 3.44. The molecule has 7 heteroatoms. The van der Waals surface area contributed by atoms with E-state index < -0.39 is 9.84 Å². The van der Waals surface area contributed by atoms with Crippen LogP contribution in [0.3, 0.4) is 0 Å². The first-order chi connectivity index (χ1) is 8.99. The van der Waals surface area contributed by atoms with Gasteiger partial charge in [-0.1, -0.05) is 0 Å². The van der Waals surface area contributed by atoms with Gasteiger partial charge in [0.2, 0.25) is 5.82 Å². The zero-order valence-corrected chi connectivity index (χ0v) is 10.8. The molecule has 0 saturated heterocycles. The quantitative estimate of drug-likeness (QED) is 0.911. The van der Waals surface area contributed by atoms with Crippen molar-refractivity contribution in [2.45, 2.75) is 4.90 Å². The Bertz CT molecular complexity index is 733. The van der Waals surface area contributed by atoms with Crippen molar-refractivity contribution in [3.05, 3.63) is 42.4 Å². The third-order valence-corrected chi connectivity index (χ3v) is 3.44. The van der Waals surface area contributed by atoms with E-state index in [-0.39, 0.29) is 10.7 Å². The molecule has 1 aromatic carbocycles. The molecule has 96 valence electrons. The predicted molar refractivity (Wildman–Crippen MR) is 69.6 cm³/mol. The molecule has 1 heterocycles. The minimum Gasteiger partial charge on any atom is -0.340 e. The van der Waals surface area contributed by atoms with Crippen LogP contribution in [0.15, 0.2) is 41.4 Å². The molecule has 19 heavy (non-hydrogen) atoms. The van der Waals surface area contributed by atoms with Gasteiger partial charge in [-0.05, 0) is 30.3 Å². The topological polar surface area (TPSA) is 95.7 Å². The van der Waals surface area contributed by atoms with Crippen LogP contribution in [0.25, 0.3) is 0 Å². The molecule has 0 radical (unpaired) electrons. The average Bonchev–Trinajstić information content (AvgIpc) is 2.38. The lowest BCUT2D eigenvalue weighted by molar-refractivity contribution is 0.602. The first-order valence-corrected chi connectivity index (χ1v) is 7.18. The second kappa shape index (κ2) is 5.04. The smallest absolute Gasteiger partial charge is 0.234 e. The van der Waals surface area contributed by atoms with Gasteiger partial charge < -0.3 is 5.32 Å². The van der Waals surface area contributed by atoms with Gasteiger partial charge in [0.1, 0.15) is 11.9 Å². The summed E-state index contributed by atoms with van der Waals surface area (Å²) in [7, 11) is -3.20. The van der Waals surface area contributed by atoms with Crippen molar-refractivity contribution in [2.24, 2.45) is 0 Å². The molecule has 0 spiro atoms. The van der Waals surface area contributed by atoms with Crippen LogP contribution >= 0.6 is 0 Å². The lowest BCUT2D eigenvalue weighted by atomic mass is 10.3. The Balaban J connectivity index is 2.22. The Morgan fingerprint density at radius 3 is 2.47 bits per heavy atom. The van der Waals surface area contributed by atoms with Crippen molar-refractivity contribution in [1.82, 2.24) is 9.97 Å². The molecule has 0 amide bonds. The second-order valence-corrected chi connectivity index (χ2v) is 5.81. The third-order valence-electron chi connectivity index (χ3n) is 2.31. The molecular weight excluding hydrogens is 264 g/mol. The predicted octanol–water partition coefficient (Wildman–Crippen LogP) is 1.50. The summed E-state index contributed by atoms with van der Waals surface area (Å²) in [6.45, 7) is 0. The largest absolute Gasteiger partial charge is 0.340 e. The molecule has 1 aromatic heterocycles. The molecule has 6 nitrogen and oxygen atoms in total. The molecule has 0 saturated carbocycles. The number of aromatic nitrogens is 2. The monoisotopic (exact) mass is 274 g/mol. The Labute approximate surface area is 110 Å². The minimum absolute atomic E-state index is 0.0674. The van der Waals surface area contributed by atoms with Crippen LogP contribution in [0.4, 0.5) is 11.5 Å². The van der Waals surface area contributed by atoms with Gasteiger partial charge in [0, 0.05) is 18.1 Å². The molecule has 0 aliphatic heterocycles. The highest BCUT2D eigenvalue weighted by Crippen LogP contribution is 2.17. The van der Waals surface area contributed by atoms with E-state index in [1.54, 1.807) is 18.2 Å². The molecule has 1 N–H and O–H groups in total. The molecule has 2 aromatic rings. The van der Waals surface area contributed by atoms with Gasteiger partial charge in [0.05, 0.1) is 4.90 Å². The molecular formula is C12H10N4O2S. The van der Waals surface area contributed by atoms with Crippen LogP contribution < -0.4 is 5.32 Å². The van der Waals surface area contributed by atoms with Crippen LogP contribution in [0, 0.1) is 11.3 Å². The number of hydrogen-bond donors (Lipinski definition) is 1. The fourth-order valence-corrected chi connectivity index (χ4v) is 2.05. The summed E-state index contributed by atoms with van der Waals surface area (Å²) in [4.78, 5) is 7.96. The summed E-state index contributed by atoms with van der Waals surface area (Å²) in [5, 5.41) is 11.6. The van der Waals surface area contributed by atoms with Crippen molar-refractivity contribution >= 4 is 21.3 Å². The standard InChI is InChI=1S/C12H10N4O2S/c1-19(17,18)10-4-2-9(3-5-10)15-11-6-7-14-12(8-13)16-11/h2-7H,1H3,(H,14,15,16). The molecule has 0 aliphatic carbocycles. The Morgan fingerprint density at radius 2 is 1.89 bits per heavy atom. The summed E-state index contributed by atoms with van der Waals surface area (Å²) in [5.74, 6) is 0.538. The summed E-state index contributed by atoms with van der Waals surface area (Å²) >= 11 is 0. The summed E-state index contributed by atoms with van der Waals surface area (Å²) in [6.07, 6.45) is 2.62. The molecule has 0 bridgehead atoms.